The van der Waals surface area contributed by atoms with Crippen molar-refractivity contribution in [2.24, 2.45) is 10.9 Å². The second-order valence-electron chi connectivity index (χ2n) is 5.91. The maximum absolute atomic E-state index is 5.17. The molecule has 0 atom stereocenters. The van der Waals surface area contributed by atoms with E-state index in [0.717, 1.165) is 25.0 Å². The fourth-order valence-corrected chi connectivity index (χ4v) is 2.21. The highest BCUT2D eigenvalue weighted by Gasteiger charge is 2.00. The van der Waals surface area contributed by atoms with Crippen molar-refractivity contribution in [2.75, 3.05) is 20.2 Å². The number of methoxy groups -OCH3 is 1. The Bertz CT molecular complexity index is 450. The van der Waals surface area contributed by atoms with E-state index in [1.165, 1.54) is 24.0 Å². The normalized spacial score (nSPS) is 11.3. The molecule has 2 N–H and O–H groups in total. The van der Waals surface area contributed by atoms with Crippen LogP contribution in [-0.4, -0.2) is 26.2 Å². The first-order valence-corrected chi connectivity index (χ1v) is 8.24. The molecule has 0 aliphatic carbocycles. The molecular weight excluding hydrogens is 401 g/mol. The molecule has 1 aromatic carbocycles. The van der Waals surface area contributed by atoms with Gasteiger partial charge < -0.3 is 15.4 Å². The van der Waals surface area contributed by atoms with Gasteiger partial charge in [-0.1, -0.05) is 38.1 Å². The molecule has 0 saturated carbocycles. The maximum atomic E-state index is 5.17. The van der Waals surface area contributed by atoms with Crippen LogP contribution in [0.2, 0.25) is 0 Å². The molecule has 0 fully saturated rings. The summed E-state index contributed by atoms with van der Waals surface area (Å²) in [6.45, 7) is 9.76. The first kappa shape index (κ1) is 22.2. The van der Waals surface area contributed by atoms with Crippen LogP contribution in [-0.2, 0) is 17.9 Å². The van der Waals surface area contributed by atoms with Crippen molar-refractivity contribution in [2.45, 2.75) is 46.8 Å². The van der Waals surface area contributed by atoms with Crippen molar-refractivity contribution in [3.8, 4) is 0 Å². The number of nitrogens with one attached hydrogen (secondary N) is 2. The Hall–Kier alpha value is -0.820. The molecule has 0 amide bonds. The largest absolute Gasteiger partial charge is 0.380 e. The van der Waals surface area contributed by atoms with Crippen molar-refractivity contribution in [1.29, 1.82) is 0 Å². The van der Waals surface area contributed by atoms with Gasteiger partial charge in [-0.15, -0.1) is 24.0 Å². The van der Waals surface area contributed by atoms with Crippen LogP contribution in [0.25, 0.3) is 0 Å². The van der Waals surface area contributed by atoms with Gasteiger partial charge in [0, 0.05) is 20.2 Å². The summed E-state index contributed by atoms with van der Waals surface area (Å²) < 4.78 is 5.17. The van der Waals surface area contributed by atoms with Gasteiger partial charge in [0.15, 0.2) is 5.96 Å². The van der Waals surface area contributed by atoms with Crippen LogP contribution in [0.1, 0.15) is 44.7 Å². The van der Waals surface area contributed by atoms with Gasteiger partial charge in [-0.25, -0.2) is 4.99 Å². The lowest BCUT2D eigenvalue weighted by Gasteiger charge is -2.12. The zero-order valence-electron chi connectivity index (χ0n) is 14.9. The standard InChI is InChI=1S/C18H31N3O.HI/c1-5-19-18(20-11-7-8-15(2)3)21-13-16-9-6-10-17(12-16)14-22-4;/h6,9-10,12,15H,5,7-8,11,13-14H2,1-4H3,(H2,19,20,21);1H. The molecule has 0 bridgehead atoms. The predicted molar refractivity (Wildman–Crippen MR) is 109 cm³/mol. The second kappa shape index (κ2) is 13.6. The van der Waals surface area contributed by atoms with Gasteiger partial charge in [0.05, 0.1) is 13.2 Å². The van der Waals surface area contributed by atoms with Crippen LogP contribution in [0, 0.1) is 5.92 Å². The van der Waals surface area contributed by atoms with Crippen molar-refractivity contribution < 1.29 is 4.74 Å². The Balaban J connectivity index is 0.00000484. The summed E-state index contributed by atoms with van der Waals surface area (Å²) in [5.74, 6) is 1.65. The number of nitrogens with zero attached hydrogens (tertiary/aromatic N) is 1. The molecule has 4 nitrogen and oxygen atoms in total. The molecule has 0 heterocycles. The summed E-state index contributed by atoms with van der Waals surface area (Å²) >= 11 is 0. The van der Waals surface area contributed by atoms with Crippen LogP contribution < -0.4 is 10.6 Å². The van der Waals surface area contributed by atoms with E-state index in [1.807, 2.05) is 0 Å². The van der Waals surface area contributed by atoms with E-state index in [2.05, 4.69) is 60.7 Å². The van der Waals surface area contributed by atoms with Crippen LogP contribution in [0.3, 0.4) is 0 Å². The van der Waals surface area contributed by atoms with Crippen LogP contribution in [0.5, 0.6) is 0 Å². The highest BCUT2D eigenvalue weighted by atomic mass is 127. The van der Waals surface area contributed by atoms with Gasteiger partial charge in [-0.05, 0) is 36.8 Å². The molecule has 132 valence electrons. The molecule has 1 rings (SSSR count). The summed E-state index contributed by atoms with van der Waals surface area (Å²) in [5.41, 5.74) is 2.39. The minimum atomic E-state index is 0. The fraction of sp³-hybridized carbons (Fsp3) is 0.611. The summed E-state index contributed by atoms with van der Waals surface area (Å²) in [6, 6.07) is 8.38. The first-order chi connectivity index (χ1) is 10.7. The monoisotopic (exact) mass is 433 g/mol. The number of ether oxygens (including phenoxy) is 1. The Morgan fingerprint density at radius 3 is 2.61 bits per heavy atom. The quantitative estimate of drug-likeness (QED) is 0.268. The van der Waals surface area contributed by atoms with Gasteiger partial charge in [0.2, 0.25) is 0 Å². The molecule has 5 heteroatoms. The van der Waals surface area contributed by atoms with E-state index in [1.54, 1.807) is 7.11 Å². The summed E-state index contributed by atoms with van der Waals surface area (Å²) in [6.07, 6.45) is 2.41. The van der Waals surface area contributed by atoms with Gasteiger partial charge in [-0.2, -0.15) is 0 Å². The molecule has 0 saturated heterocycles. The van der Waals surface area contributed by atoms with E-state index in [4.69, 9.17) is 4.74 Å². The maximum Gasteiger partial charge on any atom is 0.191 e. The van der Waals surface area contributed by atoms with E-state index in [-0.39, 0.29) is 24.0 Å². The molecule has 0 aliphatic rings. The zero-order chi connectivity index (χ0) is 16.2. The molecule has 1 aromatic rings. The summed E-state index contributed by atoms with van der Waals surface area (Å²) in [7, 11) is 1.72. The molecule has 23 heavy (non-hydrogen) atoms. The summed E-state index contributed by atoms with van der Waals surface area (Å²) in [4.78, 5) is 4.66. The second-order valence-corrected chi connectivity index (χ2v) is 5.91. The van der Waals surface area contributed by atoms with Crippen molar-refractivity contribution >= 4 is 29.9 Å². The third-order valence-electron chi connectivity index (χ3n) is 3.32. The number of rotatable bonds is 9. The molecular formula is C18H32IN3O. The lowest BCUT2D eigenvalue weighted by molar-refractivity contribution is 0.185. The smallest absolute Gasteiger partial charge is 0.191 e. The predicted octanol–water partition coefficient (Wildman–Crippen LogP) is 3.94. The number of benzene rings is 1. The SMILES string of the molecule is CCNC(=NCc1cccc(COC)c1)NCCCC(C)C.I. The number of hydrogen-bond acceptors (Lipinski definition) is 2. The number of aliphatic imine (C=N–C) groups is 1. The van der Waals surface area contributed by atoms with Crippen molar-refractivity contribution in [3.63, 3.8) is 0 Å². The minimum absolute atomic E-state index is 0. The fourth-order valence-electron chi connectivity index (χ4n) is 2.21. The first-order valence-electron chi connectivity index (χ1n) is 8.24. The van der Waals surface area contributed by atoms with E-state index in [0.29, 0.717) is 13.2 Å². The zero-order valence-corrected chi connectivity index (χ0v) is 17.2. The van der Waals surface area contributed by atoms with Crippen LogP contribution in [0.15, 0.2) is 29.3 Å². The third kappa shape index (κ3) is 10.5. The highest BCUT2D eigenvalue weighted by molar-refractivity contribution is 14.0. The molecule has 0 unspecified atom stereocenters. The van der Waals surface area contributed by atoms with Gasteiger partial charge in [-0.3, -0.25) is 0 Å². The van der Waals surface area contributed by atoms with Crippen LogP contribution in [0.4, 0.5) is 0 Å². The highest BCUT2D eigenvalue weighted by Crippen LogP contribution is 2.07. The van der Waals surface area contributed by atoms with Gasteiger partial charge >= 0.3 is 0 Å². The average Bonchev–Trinajstić information content (AvgIpc) is 2.49. The molecule has 0 aliphatic heterocycles. The van der Waals surface area contributed by atoms with E-state index >= 15 is 0 Å². The molecule has 0 radical (unpaired) electrons. The van der Waals surface area contributed by atoms with E-state index in [9.17, 15) is 0 Å². The van der Waals surface area contributed by atoms with E-state index < -0.39 is 0 Å². The number of halogens is 1. The van der Waals surface area contributed by atoms with Crippen molar-refractivity contribution in [3.05, 3.63) is 35.4 Å². The molecule has 0 aromatic heterocycles. The Morgan fingerprint density at radius 1 is 1.22 bits per heavy atom. The average molecular weight is 433 g/mol. The Labute approximate surface area is 158 Å². The number of hydrogen-bond donors (Lipinski definition) is 2. The number of guanidine groups is 1. The van der Waals surface area contributed by atoms with Crippen molar-refractivity contribution in [1.82, 2.24) is 10.6 Å². The lowest BCUT2D eigenvalue weighted by Crippen LogP contribution is -2.37. The lowest BCUT2D eigenvalue weighted by atomic mass is 10.1. The summed E-state index contributed by atoms with van der Waals surface area (Å²) in [5, 5.41) is 6.70. The topological polar surface area (TPSA) is 45.7 Å². The van der Waals surface area contributed by atoms with Gasteiger partial charge in [0.25, 0.3) is 0 Å². The Kier molecular flexibility index (Phi) is 13.1. The third-order valence-corrected chi connectivity index (χ3v) is 3.32. The van der Waals surface area contributed by atoms with Gasteiger partial charge in [0.1, 0.15) is 0 Å². The minimum Gasteiger partial charge on any atom is -0.380 e. The van der Waals surface area contributed by atoms with Crippen LogP contribution >= 0.6 is 24.0 Å². The Morgan fingerprint density at radius 2 is 1.96 bits per heavy atom. The molecule has 0 spiro atoms.